The predicted octanol–water partition coefficient (Wildman–Crippen LogP) is 5.85. The van der Waals surface area contributed by atoms with Gasteiger partial charge in [0.1, 0.15) is 12.4 Å². The number of nitrogens with two attached hydrogens (primary N) is 1. The van der Waals surface area contributed by atoms with E-state index in [0.29, 0.717) is 63.7 Å². The first-order valence-electron chi connectivity index (χ1n) is 13.9. The van der Waals surface area contributed by atoms with Crippen molar-refractivity contribution in [2.24, 2.45) is 5.73 Å². The molecule has 0 aliphatic heterocycles. The van der Waals surface area contributed by atoms with Crippen LogP contribution in [0.4, 0.5) is 5.69 Å². The smallest absolute Gasteiger partial charge is 0.337 e. The zero-order chi connectivity index (χ0) is 30.9. The fraction of sp³-hybridized carbons (Fsp3) is 0.114. The summed E-state index contributed by atoms with van der Waals surface area (Å²) in [4.78, 5) is 37.0. The Kier molecular flexibility index (Phi) is 9.36. The van der Waals surface area contributed by atoms with Crippen molar-refractivity contribution in [3.63, 3.8) is 0 Å². The van der Waals surface area contributed by atoms with Crippen molar-refractivity contribution >= 4 is 23.5 Å². The first-order valence-corrected chi connectivity index (χ1v) is 13.9. The number of methoxy groups -OCH3 is 1. The van der Waals surface area contributed by atoms with Crippen molar-refractivity contribution in [1.29, 1.82) is 0 Å². The SMILES string of the molecule is COC(=O)c1cccc(-c2nnc(-c3ccccc3NC(=O)c3ccc(OCc4ccccc4)cc3)cc2CCC(N)=O)c1. The summed E-state index contributed by atoms with van der Waals surface area (Å²) in [5.74, 6) is -0.581. The fourth-order valence-electron chi connectivity index (χ4n) is 4.62. The van der Waals surface area contributed by atoms with Gasteiger partial charge in [0.2, 0.25) is 5.91 Å². The standard InChI is InChI=1S/C35H30N4O5/c1-43-35(42)27-11-7-10-25(20-27)33-26(16-19-32(36)40)21-31(38-39-33)29-12-5-6-13-30(29)37-34(41)24-14-17-28(18-15-24)44-22-23-8-3-2-4-9-23/h2-15,17-18,20-21H,16,19,22H2,1H3,(H2,36,40)(H,37,41). The van der Waals surface area contributed by atoms with E-state index in [4.69, 9.17) is 15.2 Å². The number of aromatic nitrogens is 2. The number of amides is 2. The number of nitrogens with zero attached hydrogens (tertiary/aromatic N) is 2. The molecule has 9 heteroatoms. The Labute approximate surface area is 254 Å². The fourth-order valence-corrected chi connectivity index (χ4v) is 4.62. The highest BCUT2D eigenvalue weighted by Gasteiger charge is 2.17. The lowest BCUT2D eigenvalue weighted by atomic mass is 9.98. The van der Waals surface area contributed by atoms with Crippen molar-refractivity contribution in [2.45, 2.75) is 19.4 Å². The lowest BCUT2D eigenvalue weighted by molar-refractivity contribution is -0.118. The molecular formula is C35H30N4O5. The van der Waals surface area contributed by atoms with E-state index >= 15 is 0 Å². The Morgan fingerprint density at radius 3 is 2.30 bits per heavy atom. The van der Waals surface area contributed by atoms with E-state index in [1.807, 2.05) is 54.6 Å². The highest BCUT2D eigenvalue weighted by atomic mass is 16.5. The number of carbonyl (C=O) groups is 3. The summed E-state index contributed by atoms with van der Waals surface area (Å²) in [5.41, 5.74) is 10.9. The maximum Gasteiger partial charge on any atom is 0.337 e. The molecule has 9 nitrogen and oxygen atoms in total. The number of anilines is 1. The minimum atomic E-state index is -0.478. The van der Waals surface area contributed by atoms with Crippen LogP contribution in [0.15, 0.2) is 109 Å². The summed E-state index contributed by atoms with van der Waals surface area (Å²) >= 11 is 0. The monoisotopic (exact) mass is 586 g/mol. The molecule has 0 aliphatic carbocycles. The van der Waals surface area contributed by atoms with Crippen LogP contribution in [-0.4, -0.2) is 35.1 Å². The Balaban J connectivity index is 1.38. The van der Waals surface area contributed by atoms with Gasteiger partial charge in [-0.05, 0) is 66.1 Å². The van der Waals surface area contributed by atoms with Crippen LogP contribution in [-0.2, 0) is 22.6 Å². The highest BCUT2D eigenvalue weighted by Crippen LogP contribution is 2.31. The Bertz CT molecular complexity index is 1790. The quantitative estimate of drug-likeness (QED) is 0.186. The topological polar surface area (TPSA) is 134 Å². The van der Waals surface area contributed by atoms with E-state index < -0.39 is 11.9 Å². The van der Waals surface area contributed by atoms with Gasteiger partial charge in [0.25, 0.3) is 5.91 Å². The molecule has 0 saturated heterocycles. The van der Waals surface area contributed by atoms with E-state index in [2.05, 4.69) is 15.5 Å². The number of primary amides is 1. The number of hydrogen-bond acceptors (Lipinski definition) is 7. The number of hydrogen-bond donors (Lipinski definition) is 2. The molecule has 220 valence electrons. The van der Waals surface area contributed by atoms with Crippen LogP contribution in [0.5, 0.6) is 5.75 Å². The van der Waals surface area contributed by atoms with Gasteiger partial charge in [-0.25, -0.2) is 4.79 Å². The van der Waals surface area contributed by atoms with Gasteiger partial charge in [0, 0.05) is 23.1 Å². The lowest BCUT2D eigenvalue weighted by Crippen LogP contribution is -2.13. The molecular weight excluding hydrogens is 556 g/mol. The molecule has 1 heterocycles. The van der Waals surface area contributed by atoms with Gasteiger partial charge >= 0.3 is 5.97 Å². The number of para-hydroxylation sites is 1. The summed E-state index contributed by atoms with van der Waals surface area (Å²) in [6.07, 6.45) is 0.404. The van der Waals surface area contributed by atoms with Crippen molar-refractivity contribution in [2.75, 3.05) is 12.4 Å². The van der Waals surface area contributed by atoms with Crippen LogP contribution in [0.2, 0.25) is 0 Å². The number of esters is 1. The number of benzene rings is 4. The summed E-state index contributed by atoms with van der Waals surface area (Å²) < 4.78 is 10.7. The first kappa shape index (κ1) is 29.7. The molecule has 0 aliphatic rings. The average molecular weight is 587 g/mol. The van der Waals surface area contributed by atoms with E-state index in [0.717, 1.165) is 5.56 Å². The van der Waals surface area contributed by atoms with E-state index in [-0.39, 0.29) is 12.3 Å². The molecule has 1 aromatic heterocycles. The molecule has 5 rings (SSSR count). The molecule has 5 aromatic rings. The second-order valence-corrected chi connectivity index (χ2v) is 9.94. The maximum absolute atomic E-state index is 13.2. The molecule has 3 N–H and O–H groups in total. The molecule has 0 spiro atoms. The van der Waals surface area contributed by atoms with Gasteiger partial charge < -0.3 is 20.5 Å². The number of carbonyl (C=O) groups excluding carboxylic acids is 3. The second-order valence-electron chi connectivity index (χ2n) is 9.94. The minimum absolute atomic E-state index is 0.0955. The van der Waals surface area contributed by atoms with Crippen molar-refractivity contribution < 1.29 is 23.9 Å². The number of ether oxygens (including phenoxy) is 2. The third-order valence-electron chi connectivity index (χ3n) is 6.89. The third kappa shape index (κ3) is 7.32. The molecule has 0 bridgehead atoms. The summed E-state index contributed by atoms with van der Waals surface area (Å²) in [6.45, 7) is 0.428. The largest absolute Gasteiger partial charge is 0.489 e. The molecule has 4 aromatic carbocycles. The molecule has 2 amide bonds. The van der Waals surface area contributed by atoms with E-state index in [1.165, 1.54) is 7.11 Å². The van der Waals surface area contributed by atoms with Gasteiger partial charge in [-0.3, -0.25) is 9.59 Å². The number of aryl methyl sites for hydroxylation is 1. The normalized spacial score (nSPS) is 10.6. The predicted molar refractivity (Wildman–Crippen MR) is 167 cm³/mol. The highest BCUT2D eigenvalue weighted by molar-refractivity contribution is 6.06. The van der Waals surface area contributed by atoms with Crippen molar-refractivity contribution in [3.8, 4) is 28.3 Å². The summed E-state index contributed by atoms with van der Waals surface area (Å²) in [6, 6.07) is 32.7. The summed E-state index contributed by atoms with van der Waals surface area (Å²) in [7, 11) is 1.31. The molecule has 0 unspecified atom stereocenters. The van der Waals surface area contributed by atoms with Crippen LogP contribution in [0, 0.1) is 0 Å². The Morgan fingerprint density at radius 1 is 0.795 bits per heavy atom. The van der Waals surface area contributed by atoms with Crippen molar-refractivity contribution in [1.82, 2.24) is 10.2 Å². The van der Waals surface area contributed by atoms with E-state index in [9.17, 15) is 14.4 Å². The van der Waals surface area contributed by atoms with Gasteiger partial charge in [-0.1, -0.05) is 60.7 Å². The van der Waals surface area contributed by atoms with Crippen LogP contribution >= 0.6 is 0 Å². The van der Waals surface area contributed by atoms with Crippen LogP contribution in [0.3, 0.4) is 0 Å². The summed E-state index contributed by atoms with van der Waals surface area (Å²) in [5, 5.41) is 11.9. The number of nitrogens with one attached hydrogen (secondary N) is 1. The van der Waals surface area contributed by atoms with Crippen LogP contribution in [0.25, 0.3) is 22.5 Å². The average Bonchev–Trinajstić information content (AvgIpc) is 3.07. The lowest BCUT2D eigenvalue weighted by Gasteiger charge is -2.14. The maximum atomic E-state index is 13.2. The molecule has 44 heavy (non-hydrogen) atoms. The Morgan fingerprint density at radius 2 is 1.55 bits per heavy atom. The van der Waals surface area contributed by atoms with Gasteiger partial charge in [0.05, 0.1) is 29.7 Å². The zero-order valence-electron chi connectivity index (χ0n) is 24.0. The van der Waals surface area contributed by atoms with Gasteiger partial charge in [0.15, 0.2) is 0 Å². The molecule has 0 radical (unpaired) electrons. The third-order valence-corrected chi connectivity index (χ3v) is 6.89. The molecule has 0 atom stereocenters. The van der Waals surface area contributed by atoms with Gasteiger partial charge in [-0.2, -0.15) is 0 Å². The molecule has 0 saturated carbocycles. The first-order chi connectivity index (χ1) is 21.4. The minimum Gasteiger partial charge on any atom is -0.489 e. The van der Waals surface area contributed by atoms with Crippen LogP contribution < -0.4 is 15.8 Å². The van der Waals surface area contributed by atoms with Gasteiger partial charge in [-0.15, -0.1) is 10.2 Å². The molecule has 0 fully saturated rings. The Hall–Kier alpha value is -5.83. The second kappa shape index (κ2) is 13.9. The number of rotatable bonds is 11. The zero-order valence-corrected chi connectivity index (χ0v) is 24.0. The van der Waals surface area contributed by atoms with Crippen molar-refractivity contribution in [3.05, 3.63) is 131 Å². The van der Waals surface area contributed by atoms with E-state index in [1.54, 1.807) is 54.6 Å². The van der Waals surface area contributed by atoms with Crippen LogP contribution in [0.1, 0.15) is 38.3 Å².